The number of aromatic nitrogens is 1. The van der Waals surface area contributed by atoms with Crippen LogP contribution in [-0.2, 0) is 16.1 Å². The summed E-state index contributed by atoms with van der Waals surface area (Å²) in [5, 5.41) is 15.8. The van der Waals surface area contributed by atoms with Gasteiger partial charge in [0.1, 0.15) is 6.61 Å². The lowest BCUT2D eigenvalue weighted by Crippen LogP contribution is -2.42. The van der Waals surface area contributed by atoms with Crippen molar-refractivity contribution in [2.45, 2.75) is 38.9 Å². The summed E-state index contributed by atoms with van der Waals surface area (Å²) < 4.78 is 0. The Hall–Kier alpha value is -2.51. The first-order valence-corrected chi connectivity index (χ1v) is 9.28. The molecule has 7 heteroatoms. The topological polar surface area (TPSA) is 94.6 Å². The number of aliphatic hydroxyl groups is 1. The number of nitrogens with zero attached hydrogens (tertiary/aromatic N) is 2. The smallest absolute Gasteiger partial charge is 0.245 e. The number of aryl methyl sites for hydroxylation is 1. The van der Waals surface area contributed by atoms with Crippen LogP contribution in [0.4, 0.5) is 0 Å². The molecule has 1 aliphatic rings. The zero-order valence-electron chi connectivity index (χ0n) is 15.7. The third kappa shape index (κ3) is 4.26. The maximum atomic E-state index is 12.6. The van der Waals surface area contributed by atoms with Crippen LogP contribution >= 0.6 is 0 Å². The van der Waals surface area contributed by atoms with Crippen molar-refractivity contribution < 1.29 is 14.7 Å². The monoisotopic (exact) mass is 370 g/mol. The molecule has 2 atom stereocenters. The molecule has 3 N–H and O–H groups in total. The Morgan fingerprint density at radius 3 is 2.89 bits per heavy atom. The average molecular weight is 370 g/mol. The number of aliphatic hydroxyl groups excluding tert-OH is 1. The highest BCUT2D eigenvalue weighted by molar-refractivity contribution is 5.84. The van der Waals surface area contributed by atoms with E-state index in [2.05, 4.69) is 27.4 Å². The number of fused-ring (bicyclic) bond motifs is 1. The number of likely N-dealkylation sites (tertiary alicyclic amines) is 1. The highest BCUT2D eigenvalue weighted by atomic mass is 16.3. The molecule has 27 heavy (non-hydrogen) atoms. The third-order valence-corrected chi connectivity index (χ3v) is 5.06. The molecule has 144 valence electrons. The SMILES string of the molecule is CCNC(=O)[C@@H]1C[C@@H](NC(=O)CO)CN1Cc1c(C)ccc2ncccc12. The van der Waals surface area contributed by atoms with E-state index in [1.807, 2.05) is 31.2 Å². The zero-order valence-corrected chi connectivity index (χ0v) is 15.7. The number of hydrogen-bond acceptors (Lipinski definition) is 5. The van der Waals surface area contributed by atoms with Gasteiger partial charge in [0.15, 0.2) is 0 Å². The van der Waals surface area contributed by atoms with Crippen LogP contribution in [0.1, 0.15) is 24.5 Å². The van der Waals surface area contributed by atoms with Crippen LogP contribution in [0.15, 0.2) is 30.5 Å². The predicted octanol–water partition coefficient (Wildman–Crippen LogP) is 0.731. The Bertz CT molecular complexity index is 839. The maximum absolute atomic E-state index is 12.6. The predicted molar refractivity (Wildman–Crippen MR) is 103 cm³/mol. The van der Waals surface area contributed by atoms with Crippen molar-refractivity contribution >= 4 is 22.7 Å². The van der Waals surface area contributed by atoms with Gasteiger partial charge in [0.2, 0.25) is 11.8 Å². The molecule has 0 bridgehead atoms. The second kappa shape index (κ2) is 8.45. The molecule has 0 saturated carbocycles. The van der Waals surface area contributed by atoms with Crippen LogP contribution in [0.25, 0.3) is 10.9 Å². The number of rotatable bonds is 6. The molecule has 0 radical (unpaired) electrons. The van der Waals surface area contributed by atoms with E-state index >= 15 is 0 Å². The van der Waals surface area contributed by atoms with Gasteiger partial charge in [-0.15, -0.1) is 0 Å². The number of likely N-dealkylation sites (N-methyl/N-ethyl adjacent to an activating group) is 1. The minimum absolute atomic E-state index is 0.0331. The van der Waals surface area contributed by atoms with Gasteiger partial charge in [0.25, 0.3) is 0 Å². The van der Waals surface area contributed by atoms with Gasteiger partial charge in [-0.3, -0.25) is 19.5 Å². The van der Waals surface area contributed by atoms with E-state index in [0.717, 1.165) is 22.0 Å². The summed E-state index contributed by atoms with van der Waals surface area (Å²) >= 11 is 0. The van der Waals surface area contributed by atoms with Crippen molar-refractivity contribution in [3.05, 3.63) is 41.6 Å². The normalized spacial score (nSPS) is 20.0. The molecule has 0 spiro atoms. The molecule has 7 nitrogen and oxygen atoms in total. The van der Waals surface area contributed by atoms with E-state index in [4.69, 9.17) is 5.11 Å². The molecule has 1 fully saturated rings. The van der Waals surface area contributed by atoms with E-state index < -0.39 is 12.5 Å². The fourth-order valence-electron chi connectivity index (χ4n) is 3.76. The fourth-order valence-corrected chi connectivity index (χ4v) is 3.76. The number of pyridine rings is 1. The number of benzene rings is 1. The lowest BCUT2D eigenvalue weighted by atomic mass is 10.0. The molecule has 1 aromatic heterocycles. The quantitative estimate of drug-likeness (QED) is 0.697. The van der Waals surface area contributed by atoms with Crippen molar-refractivity contribution in [1.82, 2.24) is 20.5 Å². The van der Waals surface area contributed by atoms with Crippen LogP contribution in [0.3, 0.4) is 0 Å². The standard InChI is InChI=1S/C20H26N4O3/c1-3-21-20(27)18-9-14(23-19(26)12-25)10-24(18)11-16-13(2)6-7-17-15(16)5-4-8-22-17/h4-8,14,18,25H,3,9-12H2,1-2H3,(H,21,27)(H,23,26)/t14-,18+/m1/s1. The van der Waals surface area contributed by atoms with Crippen molar-refractivity contribution in [3.8, 4) is 0 Å². The largest absolute Gasteiger partial charge is 0.387 e. The maximum Gasteiger partial charge on any atom is 0.245 e. The van der Waals surface area contributed by atoms with Gasteiger partial charge < -0.3 is 15.7 Å². The average Bonchev–Trinajstić information content (AvgIpc) is 3.06. The van der Waals surface area contributed by atoms with Gasteiger partial charge in [0.05, 0.1) is 11.6 Å². The summed E-state index contributed by atoms with van der Waals surface area (Å²) in [6.45, 7) is 5.13. The van der Waals surface area contributed by atoms with Gasteiger partial charge in [-0.05, 0) is 43.5 Å². The van der Waals surface area contributed by atoms with Crippen LogP contribution in [0.5, 0.6) is 0 Å². The molecule has 3 rings (SSSR count). The Balaban J connectivity index is 1.87. The van der Waals surface area contributed by atoms with Crippen LogP contribution < -0.4 is 10.6 Å². The highest BCUT2D eigenvalue weighted by Gasteiger charge is 2.37. The Labute approximate surface area is 158 Å². The highest BCUT2D eigenvalue weighted by Crippen LogP contribution is 2.26. The fraction of sp³-hybridized carbons (Fsp3) is 0.450. The Morgan fingerprint density at radius 1 is 1.33 bits per heavy atom. The third-order valence-electron chi connectivity index (χ3n) is 5.06. The summed E-state index contributed by atoms with van der Waals surface area (Å²) in [7, 11) is 0. The van der Waals surface area contributed by atoms with Gasteiger partial charge >= 0.3 is 0 Å². The van der Waals surface area contributed by atoms with E-state index in [-0.39, 0.29) is 18.0 Å². The van der Waals surface area contributed by atoms with Gasteiger partial charge in [0, 0.05) is 37.3 Å². The van der Waals surface area contributed by atoms with Crippen LogP contribution in [0, 0.1) is 6.92 Å². The summed E-state index contributed by atoms with van der Waals surface area (Å²) in [6.07, 6.45) is 2.30. The summed E-state index contributed by atoms with van der Waals surface area (Å²) in [5.74, 6) is -0.448. The van der Waals surface area contributed by atoms with Gasteiger partial charge in [-0.2, -0.15) is 0 Å². The lowest BCUT2D eigenvalue weighted by molar-refractivity contribution is -0.126. The molecule has 2 heterocycles. The molecular formula is C20H26N4O3. The van der Waals surface area contributed by atoms with Crippen LogP contribution in [-0.4, -0.2) is 58.6 Å². The summed E-state index contributed by atoms with van der Waals surface area (Å²) in [6, 6.07) is 7.54. The second-order valence-corrected chi connectivity index (χ2v) is 6.93. The first-order valence-electron chi connectivity index (χ1n) is 9.28. The Morgan fingerprint density at radius 2 is 2.15 bits per heavy atom. The number of carbonyl (C=O) groups excluding carboxylic acids is 2. The molecule has 1 saturated heterocycles. The van der Waals surface area contributed by atoms with Crippen LogP contribution in [0.2, 0.25) is 0 Å². The Kier molecular flexibility index (Phi) is 6.03. The van der Waals surface area contributed by atoms with E-state index in [1.165, 1.54) is 0 Å². The molecular weight excluding hydrogens is 344 g/mol. The summed E-state index contributed by atoms with van der Waals surface area (Å²) in [5.41, 5.74) is 3.22. The summed E-state index contributed by atoms with van der Waals surface area (Å²) in [4.78, 5) is 30.7. The minimum Gasteiger partial charge on any atom is -0.387 e. The van der Waals surface area contributed by atoms with Gasteiger partial charge in [-0.25, -0.2) is 0 Å². The van der Waals surface area contributed by atoms with Crippen molar-refractivity contribution in [3.63, 3.8) is 0 Å². The van der Waals surface area contributed by atoms with E-state index in [0.29, 0.717) is 26.1 Å². The number of amides is 2. The first-order chi connectivity index (χ1) is 13.0. The second-order valence-electron chi connectivity index (χ2n) is 6.93. The van der Waals surface area contributed by atoms with Crippen molar-refractivity contribution in [1.29, 1.82) is 0 Å². The zero-order chi connectivity index (χ0) is 19.4. The van der Waals surface area contributed by atoms with Crippen molar-refractivity contribution in [2.75, 3.05) is 19.7 Å². The minimum atomic E-state index is -0.545. The van der Waals surface area contributed by atoms with E-state index in [1.54, 1.807) is 6.20 Å². The molecule has 0 aliphatic carbocycles. The number of nitrogens with one attached hydrogen (secondary N) is 2. The molecule has 2 amide bonds. The molecule has 0 unspecified atom stereocenters. The molecule has 1 aliphatic heterocycles. The van der Waals surface area contributed by atoms with Gasteiger partial charge in [-0.1, -0.05) is 12.1 Å². The number of carbonyl (C=O) groups is 2. The first kappa shape index (κ1) is 19.3. The lowest BCUT2D eigenvalue weighted by Gasteiger charge is -2.25. The number of hydrogen-bond donors (Lipinski definition) is 3. The molecule has 2 aromatic rings. The van der Waals surface area contributed by atoms with E-state index in [9.17, 15) is 9.59 Å². The molecule has 1 aromatic carbocycles. The van der Waals surface area contributed by atoms with Crippen molar-refractivity contribution in [2.24, 2.45) is 0 Å².